The topological polar surface area (TPSA) is 57.0 Å². The largest absolute Gasteiger partial charge is 0.454 e. The van der Waals surface area contributed by atoms with E-state index >= 15 is 0 Å². The smallest absolute Gasteiger partial charge is 0.247 e. The molecule has 0 N–H and O–H groups in total. The van der Waals surface area contributed by atoms with Crippen LogP contribution in [0.3, 0.4) is 0 Å². The fourth-order valence-corrected chi connectivity index (χ4v) is 7.24. The number of hydrogen-bond donors (Lipinski definition) is 0. The van der Waals surface area contributed by atoms with E-state index in [4.69, 9.17) is 30.4 Å². The highest BCUT2D eigenvalue weighted by molar-refractivity contribution is 6.38. The van der Waals surface area contributed by atoms with Crippen LogP contribution in [0.15, 0.2) is 99.8 Å². The number of nitrogens with zero attached hydrogens (tertiary/aromatic N) is 3. The lowest BCUT2D eigenvalue weighted by molar-refractivity contribution is 0.583. The van der Waals surface area contributed by atoms with Gasteiger partial charge in [-0.2, -0.15) is 4.98 Å². The SMILES string of the molecule is CC.Clc1nc2oc3c(c2nc1-n1c2ccccc2c2c4ccccc4c4c(oc5ccc6ccccc6c54)c21)CCC=C3. The number of aromatic nitrogens is 3. The monoisotopic (exact) mass is 591 g/mol. The predicted octanol–water partition coefficient (Wildman–Crippen LogP) is 11.2. The number of furan rings is 2. The molecule has 0 saturated heterocycles. The second-order valence-electron chi connectivity index (χ2n) is 11.0. The first-order valence-corrected chi connectivity index (χ1v) is 15.5. The van der Waals surface area contributed by atoms with E-state index in [0.29, 0.717) is 11.5 Å². The molecule has 0 bridgehead atoms. The number of hydrogen-bond acceptors (Lipinski definition) is 4. The van der Waals surface area contributed by atoms with Crippen LogP contribution in [0.4, 0.5) is 0 Å². The van der Waals surface area contributed by atoms with Gasteiger partial charge in [0.05, 0.1) is 11.0 Å². The molecule has 0 radical (unpaired) electrons. The van der Waals surface area contributed by atoms with E-state index < -0.39 is 0 Å². The second-order valence-corrected chi connectivity index (χ2v) is 11.3. The molecule has 9 aromatic rings. The third-order valence-electron chi connectivity index (χ3n) is 8.77. The van der Waals surface area contributed by atoms with E-state index in [-0.39, 0.29) is 5.15 Å². The van der Waals surface area contributed by atoms with Crippen LogP contribution in [0.25, 0.3) is 88.4 Å². The van der Waals surface area contributed by atoms with Crippen molar-refractivity contribution in [1.82, 2.24) is 14.5 Å². The van der Waals surface area contributed by atoms with Crippen molar-refractivity contribution in [2.45, 2.75) is 26.7 Å². The van der Waals surface area contributed by atoms with E-state index in [1.54, 1.807) is 0 Å². The molecule has 0 amide bonds. The zero-order valence-corrected chi connectivity index (χ0v) is 24.9. The third kappa shape index (κ3) is 3.30. The van der Waals surface area contributed by atoms with Gasteiger partial charge in [0.25, 0.3) is 0 Å². The third-order valence-corrected chi connectivity index (χ3v) is 9.03. The summed E-state index contributed by atoms with van der Waals surface area (Å²) < 4.78 is 15.0. The summed E-state index contributed by atoms with van der Waals surface area (Å²) >= 11 is 6.98. The number of halogens is 1. The summed E-state index contributed by atoms with van der Waals surface area (Å²) in [4.78, 5) is 9.91. The van der Waals surface area contributed by atoms with E-state index in [1.165, 1.54) is 10.8 Å². The van der Waals surface area contributed by atoms with Crippen molar-refractivity contribution >= 4 is 94.2 Å². The first kappa shape index (κ1) is 25.4. The zero-order chi connectivity index (χ0) is 29.5. The maximum atomic E-state index is 6.98. The van der Waals surface area contributed by atoms with Crippen LogP contribution >= 0.6 is 11.6 Å². The van der Waals surface area contributed by atoms with Crippen LogP contribution in [0.5, 0.6) is 0 Å². The van der Waals surface area contributed by atoms with Gasteiger partial charge in [0.1, 0.15) is 16.9 Å². The second kappa shape index (κ2) is 9.43. The Morgan fingerprint density at radius 1 is 0.727 bits per heavy atom. The summed E-state index contributed by atoms with van der Waals surface area (Å²) in [7, 11) is 0. The van der Waals surface area contributed by atoms with Crippen LogP contribution in [0.1, 0.15) is 31.6 Å². The van der Waals surface area contributed by atoms with Crippen LogP contribution < -0.4 is 0 Å². The summed E-state index contributed by atoms with van der Waals surface area (Å²) in [5.74, 6) is 1.37. The molecule has 0 saturated carbocycles. The van der Waals surface area contributed by atoms with Crippen molar-refractivity contribution in [1.29, 1.82) is 0 Å². The van der Waals surface area contributed by atoms with E-state index in [0.717, 1.165) is 84.2 Å². The molecular formula is C38H26ClN3O2. The molecule has 212 valence electrons. The zero-order valence-electron chi connectivity index (χ0n) is 24.2. The number of para-hydroxylation sites is 1. The van der Waals surface area contributed by atoms with Gasteiger partial charge in [0.2, 0.25) is 5.71 Å². The molecule has 10 rings (SSSR count). The minimum atomic E-state index is 0.281. The van der Waals surface area contributed by atoms with Crippen LogP contribution in [-0.4, -0.2) is 14.5 Å². The number of allylic oxidation sites excluding steroid dienone is 1. The van der Waals surface area contributed by atoms with Gasteiger partial charge >= 0.3 is 0 Å². The molecule has 44 heavy (non-hydrogen) atoms. The van der Waals surface area contributed by atoms with E-state index in [1.807, 2.05) is 26.0 Å². The minimum Gasteiger partial charge on any atom is -0.454 e. The normalized spacial score (nSPS) is 13.1. The lowest BCUT2D eigenvalue weighted by Crippen LogP contribution is -2.02. The summed E-state index contributed by atoms with van der Waals surface area (Å²) in [6, 6.07) is 29.7. The lowest BCUT2D eigenvalue weighted by Gasteiger charge is -2.10. The molecule has 0 atom stereocenters. The molecule has 5 aromatic carbocycles. The number of fused-ring (bicyclic) bond motifs is 15. The molecule has 4 aromatic heterocycles. The maximum Gasteiger partial charge on any atom is 0.247 e. The number of rotatable bonds is 1. The Balaban J connectivity index is 0.00000133. The first-order valence-electron chi connectivity index (χ1n) is 15.1. The average Bonchev–Trinajstić information content (AvgIpc) is 3.75. The Bertz CT molecular complexity index is 2660. The highest BCUT2D eigenvalue weighted by Crippen LogP contribution is 2.47. The molecule has 1 aliphatic carbocycles. The summed E-state index contributed by atoms with van der Waals surface area (Å²) in [6.07, 6.45) is 5.92. The standard InChI is InChI=1S/C36H20ClN3O2.C2H6/c37-34-35(38-31-24-14-6-8-16-26(24)42-36(31)39-34)40-25-15-7-5-13-23(25)28-21-11-3-4-12-22(21)30-29-20-10-2-1-9-19(20)17-18-27(29)41-33(30)32(28)40;1-2/h1-5,7-13,15-18H,6,14H2;1-2H3. The molecule has 0 unspecified atom stereocenters. The minimum absolute atomic E-state index is 0.281. The van der Waals surface area contributed by atoms with Crippen LogP contribution in [-0.2, 0) is 6.42 Å². The molecule has 5 nitrogen and oxygen atoms in total. The van der Waals surface area contributed by atoms with Gasteiger partial charge in [-0.3, -0.25) is 4.57 Å². The quantitative estimate of drug-likeness (QED) is 0.190. The molecule has 0 aliphatic heterocycles. The molecule has 4 heterocycles. The highest BCUT2D eigenvalue weighted by atomic mass is 35.5. The van der Waals surface area contributed by atoms with Crippen molar-refractivity contribution in [2.24, 2.45) is 0 Å². The van der Waals surface area contributed by atoms with Gasteiger partial charge in [-0.25, -0.2) is 4.98 Å². The first-order chi connectivity index (χ1) is 21.8. The number of aryl methyl sites for hydroxylation is 1. The molecule has 6 heteroatoms. The number of benzene rings is 5. The van der Waals surface area contributed by atoms with Gasteiger partial charge in [0, 0.05) is 27.1 Å². The van der Waals surface area contributed by atoms with E-state index in [9.17, 15) is 0 Å². The van der Waals surface area contributed by atoms with Crippen molar-refractivity contribution < 1.29 is 8.83 Å². The van der Waals surface area contributed by atoms with Gasteiger partial charge < -0.3 is 8.83 Å². The van der Waals surface area contributed by atoms with Gasteiger partial charge in [-0.15, -0.1) is 0 Å². The van der Waals surface area contributed by atoms with Crippen molar-refractivity contribution in [2.75, 3.05) is 0 Å². The molecular weight excluding hydrogens is 566 g/mol. The Labute approximate surface area is 257 Å². The van der Waals surface area contributed by atoms with Gasteiger partial charge in [-0.05, 0) is 52.6 Å². The van der Waals surface area contributed by atoms with Crippen molar-refractivity contribution in [3.05, 3.63) is 107 Å². The fourth-order valence-electron chi connectivity index (χ4n) is 7.04. The lowest BCUT2D eigenvalue weighted by atomic mass is 9.96. The van der Waals surface area contributed by atoms with Crippen molar-refractivity contribution in [3.63, 3.8) is 0 Å². The fraction of sp³-hybridized carbons (Fsp3) is 0.105. The van der Waals surface area contributed by atoms with Crippen LogP contribution in [0, 0.1) is 0 Å². The Hall–Kier alpha value is -5.13. The average molecular weight is 592 g/mol. The molecule has 1 aliphatic rings. The van der Waals surface area contributed by atoms with Gasteiger partial charge in [0.15, 0.2) is 16.6 Å². The van der Waals surface area contributed by atoms with Crippen molar-refractivity contribution in [3.8, 4) is 5.82 Å². The highest BCUT2D eigenvalue weighted by Gasteiger charge is 2.27. The maximum absolute atomic E-state index is 6.98. The Kier molecular flexibility index (Phi) is 5.44. The molecule has 0 fully saturated rings. The van der Waals surface area contributed by atoms with Crippen LogP contribution in [0.2, 0.25) is 5.15 Å². The Morgan fingerprint density at radius 3 is 2.30 bits per heavy atom. The predicted molar refractivity (Wildman–Crippen MR) is 182 cm³/mol. The summed E-state index contributed by atoms with van der Waals surface area (Å²) in [5.41, 5.74) is 5.87. The van der Waals surface area contributed by atoms with E-state index in [2.05, 4.69) is 89.5 Å². The Morgan fingerprint density at radius 2 is 1.45 bits per heavy atom. The summed E-state index contributed by atoms with van der Waals surface area (Å²) in [5, 5.41) is 9.34. The van der Waals surface area contributed by atoms with Gasteiger partial charge in [-0.1, -0.05) is 104 Å². The summed E-state index contributed by atoms with van der Waals surface area (Å²) in [6.45, 7) is 4.00. The molecule has 0 spiro atoms.